The lowest BCUT2D eigenvalue weighted by Gasteiger charge is -2.20. The van der Waals surface area contributed by atoms with E-state index < -0.39 is 93.8 Å². The zero-order chi connectivity index (χ0) is 41.6. The molecular weight excluding hydrogens is 781 g/mol. The van der Waals surface area contributed by atoms with Gasteiger partial charge in [0.2, 0.25) is 5.43 Å². The monoisotopic (exact) mass is 820 g/mol. The number of hydrogen-bond donors (Lipinski definition) is 12. The Morgan fingerprint density at radius 1 is 0.873 bits per heavy atom. The molecule has 0 saturated heterocycles. The maximum Gasteiger partial charge on any atom is 0.471 e. The van der Waals surface area contributed by atoms with Crippen LogP contribution in [0.5, 0.6) is 11.5 Å². The molecule has 0 aliphatic heterocycles. The van der Waals surface area contributed by atoms with Crippen LogP contribution in [0, 0.1) is 11.6 Å². The van der Waals surface area contributed by atoms with Crippen LogP contribution >= 0.6 is 19.4 Å². The summed E-state index contributed by atoms with van der Waals surface area (Å²) < 4.78 is 50.2. The third-order valence-corrected chi connectivity index (χ3v) is 7.87. The molecule has 15 N–H and O–H groups in total. The molecule has 0 aliphatic carbocycles. The Morgan fingerprint density at radius 3 is 1.89 bits per heavy atom. The molecule has 23 heteroatoms. The Labute approximate surface area is 316 Å². The smallest absolute Gasteiger partial charge is 0.453 e. The van der Waals surface area contributed by atoms with E-state index in [0.717, 1.165) is 29.0 Å². The van der Waals surface area contributed by atoms with Gasteiger partial charge < -0.3 is 72.2 Å². The zero-order valence-corrected chi connectivity index (χ0v) is 30.3. The Hall–Kier alpha value is -4.45. The molecule has 0 atom stereocenters. The molecule has 0 unspecified atom stereocenters. The third kappa shape index (κ3) is 14.3. The number of halogens is 3. The van der Waals surface area contributed by atoms with E-state index in [9.17, 15) is 22.9 Å². The van der Waals surface area contributed by atoms with Crippen molar-refractivity contribution in [1.82, 2.24) is 9.55 Å². The van der Waals surface area contributed by atoms with Crippen LogP contribution in [-0.2, 0) is 15.8 Å². The number of nitrogens with one attached hydrogen (secondary N) is 1. The lowest BCUT2D eigenvalue weighted by molar-refractivity contribution is 0.0695. The second-order valence-electron chi connectivity index (χ2n) is 11.6. The molecule has 2 heterocycles. The number of aliphatic hydroxyl groups excluding tert-OH is 6. The van der Waals surface area contributed by atoms with Crippen molar-refractivity contribution in [3.05, 3.63) is 99.6 Å². The summed E-state index contributed by atoms with van der Waals surface area (Å²) in [5, 5.41) is 52.4. The lowest BCUT2D eigenvalue weighted by Crippen LogP contribution is -2.50. The van der Waals surface area contributed by atoms with E-state index in [1.54, 1.807) is 0 Å². The first-order valence-electron chi connectivity index (χ1n) is 15.4. The number of nitrogens with two attached hydrogens (primary N) is 3. The number of phosphoric ester groups is 1. The van der Waals surface area contributed by atoms with Gasteiger partial charge in [-0.2, -0.15) is 0 Å². The number of rotatable bonds is 14. The number of aliphatic hydroxyl groups is 6. The van der Waals surface area contributed by atoms with Gasteiger partial charge >= 0.3 is 7.82 Å². The molecule has 1 amide bonds. The summed E-state index contributed by atoms with van der Waals surface area (Å²) in [5.74, 6) is -2.62. The van der Waals surface area contributed by atoms with Crippen LogP contribution in [0.1, 0.15) is 10.4 Å². The highest BCUT2D eigenvalue weighted by atomic mass is 35.5. The van der Waals surface area contributed by atoms with Gasteiger partial charge in [0, 0.05) is 42.0 Å². The molecule has 55 heavy (non-hydrogen) atoms. The van der Waals surface area contributed by atoms with Gasteiger partial charge in [0.15, 0.2) is 17.3 Å². The van der Waals surface area contributed by atoms with E-state index in [0.29, 0.717) is 0 Å². The highest BCUT2D eigenvalue weighted by molar-refractivity contribution is 7.46. The van der Waals surface area contributed by atoms with E-state index >= 15 is 0 Å². The van der Waals surface area contributed by atoms with Crippen LogP contribution in [0.2, 0.25) is 5.02 Å². The van der Waals surface area contributed by atoms with Gasteiger partial charge in [0.25, 0.3) is 5.91 Å². The SMILES string of the molecule is NC(CO)(CO)CO.NC(CO)(CO)CO.Nc1nccc(Oc2ccc(NC(=O)c3cn(COP(=O)(O)O)cc(-c4ccc(F)cc4)c3=O)cc2F)c1Cl. The molecule has 2 aromatic carbocycles. The summed E-state index contributed by atoms with van der Waals surface area (Å²) >= 11 is 6.01. The number of phosphoric acid groups is 1. The normalized spacial score (nSPS) is 11.5. The number of aromatic nitrogens is 2. The first kappa shape index (κ1) is 46.7. The summed E-state index contributed by atoms with van der Waals surface area (Å²) in [5.41, 5.74) is 12.3. The topological polar surface area (TPSA) is 339 Å². The van der Waals surface area contributed by atoms with Gasteiger partial charge in [0.05, 0.1) is 50.7 Å². The molecule has 2 aromatic heterocycles. The van der Waals surface area contributed by atoms with E-state index in [1.165, 1.54) is 42.7 Å². The molecule has 4 aromatic rings. The summed E-state index contributed by atoms with van der Waals surface area (Å²) in [7, 11) is -4.89. The van der Waals surface area contributed by atoms with E-state index in [-0.39, 0.29) is 39.2 Å². The van der Waals surface area contributed by atoms with Crippen LogP contribution in [0.3, 0.4) is 0 Å². The molecule has 0 spiro atoms. The van der Waals surface area contributed by atoms with E-state index in [4.69, 9.17) is 74.0 Å². The fourth-order valence-electron chi connectivity index (χ4n) is 3.64. The highest BCUT2D eigenvalue weighted by Crippen LogP contribution is 2.36. The minimum Gasteiger partial charge on any atom is -0.453 e. The van der Waals surface area contributed by atoms with Crippen molar-refractivity contribution in [2.75, 3.05) is 50.7 Å². The van der Waals surface area contributed by atoms with Crippen molar-refractivity contribution in [2.45, 2.75) is 17.8 Å². The second-order valence-corrected chi connectivity index (χ2v) is 13.2. The molecule has 0 saturated carbocycles. The number of ether oxygens (including phenoxy) is 1. The van der Waals surface area contributed by atoms with Crippen LogP contribution in [-0.4, -0.2) is 107 Å². The molecule has 302 valence electrons. The van der Waals surface area contributed by atoms with Crippen LogP contribution in [0.15, 0.2) is 71.9 Å². The van der Waals surface area contributed by atoms with Crippen LogP contribution in [0.25, 0.3) is 11.1 Å². The van der Waals surface area contributed by atoms with E-state index in [2.05, 4.69) is 14.8 Å². The fraction of sp³-hybridized carbons (Fsp3) is 0.281. The number of amides is 1. The number of nitrogens with zero attached hydrogens (tertiary/aromatic N) is 2. The van der Waals surface area contributed by atoms with Crippen LogP contribution < -0.4 is 32.7 Å². The third-order valence-electron chi connectivity index (χ3n) is 7.03. The first-order valence-corrected chi connectivity index (χ1v) is 17.3. The van der Waals surface area contributed by atoms with Crippen LogP contribution in [0.4, 0.5) is 20.3 Å². The summed E-state index contributed by atoms with van der Waals surface area (Å²) in [6.07, 6.45) is 3.51. The van der Waals surface area contributed by atoms with Crippen molar-refractivity contribution >= 4 is 36.8 Å². The number of anilines is 2. The van der Waals surface area contributed by atoms with Crippen molar-refractivity contribution in [1.29, 1.82) is 0 Å². The predicted octanol–water partition coefficient (Wildman–Crippen LogP) is -0.143. The van der Waals surface area contributed by atoms with Gasteiger partial charge in [-0.15, -0.1) is 0 Å². The number of nitrogen functional groups attached to an aromatic ring is 1. The molecule has 19 nitrogen and oxygen atoms in total. The Bertz CT molecular complexity index is 1950. The summed E-state index contributed by atoms with van der Waals surface area (Å²) in [6, 6.07) is 9.59. The van der Waals surface area contributed by atoms with Gasteiger partial charge in [0.1, 0.15) is 29.0 Å². The maximum atomic E-state index is 14.7. The first-order chi connectivity index (χ1) is 25.8. The molecule has 0 aliphatic rings. The Morgan fingerprint density at radius 2 is 1.42 bits per heavy atom. The lowest BCUT2D eigenvalue weighted by atomic mass is 10.0. The molecule has 0 radical (unpaired) electrons. The van der Waals surface area contributed by atoms with Gasteiger partial charge in [-0.25, -0.2) is 18.3 Å². The second kappa shape index (κ2) is 21.0. The van der Waals surface area contributed by atoms with Crippen molar-refractivity contribution in [3.63, 3.8) is 0 Å². The number of pyridine rings is 2. The minimum atomic E-state index is -4.89. The van der Waals surface area contributed by atoms with Gasteiger partial charge in [-0.1, -0.05) is 23.7 Å². The highest BCUT2D eigenvalue weighted by Gasteiger charge is 2.22. The van der Waals surface area contributed by atoms with Crippen molar-refractivity contribution in [2.24, 2.45) is 11.5 Å². The molecule has 4 rings (SSSR count). The van der Waals surface area contributed by atoms with Gasteiger partial charge in [-0.05, 0) is 29.8 Å². The van der Waals surface area contributed by atoms with Gasteiger partial charge in [-0.3, -0.25) is 14.1 Å². The Balaban J connectivity index is 0.000000546. The van der Waals surface area contributed by atoms with Crippen molar-refractivity contribution in [3.8, 4) is 22.6 Å². The van der Waals surface area contributed by atoms with Crippen molar-refractivity contribution < 1.29 is 67.8 Å². The Kier molecular flexibility index (Phi) is 17.8. The predicted molar refractivity (Wildman–Crippen MR) is 194 cm³/mol. The number of hydrogen-bond acceptors (Lipinski definition) is 15. The summed E-state index contributed by atoms with van der Waals surface area (Å²) in [4.78, 5) is 48.0. The maximum absolute atomic E-state index is 14.7. The number of benzene rings is 2. The molecule has 0 fully saturated rings. The average Bonchev–Trinajstić information content (AvgIpc) is 3.17. The standard InChI is InChI=1S/C24H18ClF2N4O7P.2C4H11NO3/c25-21-20(7-8-29-23(21)28)38-19-6-5-15(9-18(19)27)30-24(33)17-11-31(12-37-39(34,35)36)10-16(22(17)32)13-1-3-14(26)4-2-13;2*5-4(1-6,2-7)3-8/h1-11H,12H2,(H2,28,29)(H,30,33)(H2,34,35,36);2*6-8H,1-3,5H2. The number of carbonyl (C=O) groups is 1. The zero-order valence-electron chi connectivity index (χ0n) is 28.6. The molecule has 0 bridgehead atoms. The molecular formula is C32H40ClF2N6O13P. The number of carbonyl (C=O) groups excluding carboxylic acids is 1. The summed E-state index contributed by atoms with van der Waals surface area (Å²) in [6.45, 7) is -3.14. The largest absolute Gasteiger partial charge is 0.471 e. The minimum absolute atomic E-state index is 0.0156. The van der Waals surface area contributed by atoms with E-state index in [1.807, 2.05) is 0 Å². The fourth-order valence-corrected chi connectivity index (χ4v) is 4.08. The average molecular weight is 821 g/mol. The quantitative estimate of drug-likeness (QED) is 0.0736.